The molecule has 2 aliphatic heterocycles. The smallest absolute Gasteiger partial charge is 0.240 e. The SMILES string of the molecule is Cn1ccc(C2N[C@H](C(=O)N3CCN(CCCc4ccccc4)CC3)CS2)c1. The second-order valence-electron chi connectivity index (χ2n) is 7.80. The van der Waals surface area contributed by atoms with Gasteiger partial charge < -0.3 is 9.47 Å². The van der Waals surface area contributed by atoms with E-state index in [9.17, 15) is 4.79 Å². The third kappa shape index (κ3) is 4.80. The van der Waals surface area contributed by atoms with Crippen LogP contribution in [0.5, 0.6) is 0 Å². The molecule has 28 heavy (non-hydrogen) atoms. The topological polar surface area (TPSA) is 40.5 Å². The fraction of sp³-hybridized carbons (Fsp3) is 0.500. The van der Waals surface area contributed by atoms with Gasteiger partial charge in [-0.05, 0) is 36.6 Å². The van der Waals surface area contributed by atoms with Crippen LogP contribution in [0.2, 0.25) is 0 Å². The summed E-state index contributed by atoms with van der Waals surface area (Å²) in [6, 6.07) is 12.8. The standard InChI is InChI=1S/C22H30N4OS/c1-24-11-9-19(16-24)21-23-20(17-28-21)22(27)26-14-12-25(13-15-26)10-5-8-18-6-3-2-4-7-18/h2-4,6-7,9,11,16,20-21,23H,5,8,10,12-15,17H2,1H3/t20-,21?/m0/s1. The molecule has 0 bridgehead atoms. The zero-order valence-corrected chi connectivity index (χ0v) is 17.4. The lowest BCUT2D eigenvalue weighted by molar-refractivity contribution is -0.134. The fourth-order valence-corrected chi connectivity index (χ4v) is 5.27. The monoisotopic (exact) mass is 398 g/mol. The summed E-state index contributed by atoms with van der Waals surface area (Å²) in [6.07, 6.45) is 6.50. The molecule has 2 saturated heterocycles. The first-order valence-corrected chi connectivity index (χ1v) is 11.3. The number of nitrogens with zero attached hydrogens (tertiary/aromatic N) is 3. The van der Waals surface area contributed by atoms with E-state index in [0.29, 0.717) is 0 Å². The van der Waals surface area contributed by atoms with Crippen molar-refractivity contribution in [3.05, 3.63) is 59.9 Å². The molecule has 2 atom stereocenters. The highest BCUT2D eigenvalue weighted by Crippen LogP contribution is 2.33. The molecule has 0 spiro atoms. The van der Waals surface area contributed by atoms with Crippen LogP contribution in [-0.4, -0.2) is 64.8 Å². The van der Waals surface area contributed by atoms with Crippen molar-refractivity contribution in [2.24, 2.45) is 7.05 Å². The number of rotatable bonds is 6. The average molecular weight is 399 g/mol. The minimum absolute atomic E-state index is 0.0557. The minimum Gasteiger partial charge on any atom is -0.357 e. The maximum atomic E-state index is 12.9. The lowest BCUT2D eigenvalue weighted by Gasteiger charge is -2.36. The Morgan fingerprint density at radius 3 is 2.64 bits per heavy atom. The summed E-state index contributed by atoms with van der Waals surface area (Å²) >= 11 is 1.84. The van der Waals surface area contributed by atoms with Crippen LogP contribution in [0.1, 0.15) is 22.9 Å². The molecule has 1 aromatic carbocycles. The Hall–Kier alpha value is -1.76. The summed E-state index contributed by atoms with van der Waals surface area (Å²) in [4.78, 5) is 17.5. The highest BCUT2D eigenvalue weighted by Gasteiger charge is 2.34. The van der Waals surface area contributed by atoms with E-state index in [0.717, 1.165) is 44.9 Å². The lowest BCUT2D eigenvalue weighted by Crippen LogP contribution is -2.53. The van der Waals surface area contributed by atoms with Gasteiger partial charge >= 0.3 is 0 Å². The summed E-state index contributed by atoms with van der Waals surface area (Å²) in [7, 11) is 2.03. The number of carbonyl (C=O) groups is 1. The maximum absolute atomic E-state index is 12.9. The predicted molar refractivity (Wildman–Crippen MR) is 115 cm³/mol. The molecule has 150 valence electrons. The van der Waals surface area contributed by atoms with E-state index in [1.165, 1.54) is 17.5 Å². The van der Waals surface area contributed by atoms with Gasteiger partial charge in [0.15, 0.2) is 0 Å². The van der Waals surface area contributed by atoms with Crippen LogP contribution in [0.3, 0.4) is 0 Å². The molecule has 6 heteroatoms. The Bertz CT molecular complexity index is 770. The Morgan fingerprint density at radius 1 is 1.14 bits per heavy atom. The molecule has 3 heterocycles. The van der Waals surface area contributed by atoms with Gasteiger partial charge in [-0.1, -0.05) is 30.3 Å². The number of aromatic nitrogens is 1. The van der Waals surface area contributed by atoms with E-state index in [2.05, 4.69) is 68.5 Å². The molecule has 1 aromatic heterocycles. The van der Waals surface area contributed by atoms with Crippen molar-refractivity contribution in [1.29, 1.82) is 0 Å². The van der Waals surface area contributed by atoms with Crippen molar-refractivity contribution < 1.29 is 4.79 Å². The third-order valence-electron chi connectivity index (χ3n) is 5.70. The minimum atomic E-state index is -0.0557. The van der Waals surface area contributed by atoms with Crippen molar-refractivity contribution in [2.75, 3.05) is 38.5 Å². The van der Waals surface area contributed by atoms with Gasteiger partial charge in [-0.25, -0.2) is 0 Å². The van der Waals surface area contributed by atoms with Crippen LogP contribution in [0.15, 0.2) is 48.8 Å². The van der Waals surface area contributed by atoms with Crippen LogP contribution in [0.25, 0.3) is 0 Å². The molecule has 2 fully saturated rings. The van der Waals surface area contributed by atoms with Crippen molar-refractivity contribution >= 4 is 17.7 Å². The first kappa shape index (κ1) is 19.6. The summed E-state index contributed by atoms with van der Waals surface area (Å²) in [6.45, 7) is 4.79. The van der Waals surface area contributed by atoms with Gasteiger partial charge in [0.1, 0.15) is 0 Å². The third-order valence-corrected chi connectivity index (χ3v) is 6.97. The number of nitrogens with one attached hydrogen (secondary N) is 1. The van der Waals surface area contributed by atoms with Crippen molar-refractivity contribution in [2.45, 2.75) is 24.3 Å². The molecule has 4 rings (SSSR count). The lowest BCUT2D eigenvalue weighted by atomic mass is 10.1. The van der Waals surface area contributed by atoms with E-state index in [1.54, 1.807) is 0 Å². The number of amides is 1. The van der Waals surface area contributed by atoms with Gasteiger partial charge in [0.05, 0.1) is 11.4 Å². The second kappa shape index (κ2) is 9.16. The number of hydrogen-bond acceptors (Lipinski definition) is 4. The van der Waals surface area contributed by atoms with Crippen LogP contribution >= 0.6 is 11.8 Å². The largest absolute Gasteiger partial charge is 0.357 e. The molecule has 0 aliphatic carbocycles. The number of thioether (sulfide) groups is 1. The number of hydrogen-bond donors (Lipinski definition) is 1. The number of carbonyl (C=O) groups excluding carboxylic acids is 1. The summed E-state index contributed by atoms with van der Waals surface area (Å²) < 4.78 is 2.06. The molecule has 5 nitrogen and oxygen atoms in total. The van der Waals surface area contributed by atoms with Gasteiger partial charge in [-0.15, -0.1) is 11.8 Å². The van der Waals surface area contributed by atoms with E-state index in [-0.39, 0.29) is 17.3 Å². The molecule has 1 amide bonds. The van der Waals surface area contributed by atoms with E-state index >= 15 is 0 Å². The summed E-state index contributed by atoms with van der Waals surface area (Å²) in [5.74, 6) is 1.13. The normalized spacial score (nSPS) is 23.2. The number of aryl methyl sites for hydroxylation is 2. The van der Waals surface area contributed by atoms with Crippen LogP contribution < -0.4 is 5.32 Å². The van der Waals surface area contributed by atoms with Gasteiger partial charge in [-0.3, -0.25) is 15.0 Å². The van der Waals surface area contributed by atoms with E-state index < -0.39 is 0 Å². The van der Waals surface area contributed by atoms with Crippen molar-refractivity contribution in [1.82, 2.24) is 19.7 Å². The molecule has 1 N–H and O–H groups in total. The Balaban J connectivity index is 1.19. The van der Waals surface area contributed by atoms with Crippen LogP contribution in [0, 0.1) is 0 Å². The van der Waals surface area contributed by atoms with Gasteiger partial charge in [-0.2, -0.15) is 0 Å². The zero-order chi connectivity index (χ0) is 19.3. The summed E-state index contributed by atoms with van der Waals surface area (Å²) in [5, 5.41) is 3.76. The predicted octanol–water partition coefficient (Wildman–Crippen LogP) is 2.51. The highest BCUT2D eigenvalue weighted by atomic mass is 32.2. The first-order chi connectivity index (χ1) is 13.7. The fourth-order valence-electron chi connectivity index (χ4n) is 4.05. The first-order valence-electron chi connectivity index (χ1n) is 10.2. The summed E-state index contributed by atoms with van der Waals surface area (Å²) in [5.41, 5.74) is 2.67. The maximum Gasteiger partial charge on any atom is 0.240 e. The molecule has 0 radical (unpaired) electrons. The highest BCUT2D eigenvalue weighted by molar-refractivity contribution is 7.99. The Kier molecular flexibility index (Phi) is 6.40. The van der Waals surface area contributed by atoms with Crippen LogP contribution in [0.4, 0.5) is 0 Å². The molecule has 0 saturated carbocycles. The van der Waals surface area contributed by atoms with E-state index in [1.807, 2.05) is 18.8 Å². The molecular formula is C22H30N4OS. The Labute approximate surface area is 172 Å². The Morgan fingerprint density at radius 2 is 1.93 bits per heavy atom. The number of benzene rings is 1. The quantitative estimate of drug-likeness (QED) is 0.812. The molecular weight excluding hydrogens is 368 g/mol. The number of piperazine rings is 1. The zero-order valence-electron chi connectivity index (χ0n) is 16.6. The van der Waals surface area contributed by atoms with Gasteiger partial charge in [0.25, 0.3) is 0 Å². The molecule has 2 aliphatic rings. The van der Waals surface area contributed by atoms with Crippen molar-refractivity contribution in [3.63, 3.8) is 0 Å². The molecule has 1 unspecified atom stereocenters. The van der Waals surface area contributed by atoms with E-state index in [4.69, 9.17) is 0 Å². The average Bonchev–Trinajstić information content (AvgIpc) is 3.38. The van der Waals surface area contributed by atoms with Crippen molar-refractivity contribution in [3.8, 4) is 0 Å². The second-order valence-corrected chi connectivity index (χ2v) is 8.94. The van der Waals surface area contributed by atoms with Gasteiger partial charge in [0, 0.05) is 51.4 Å². The van der Waals surface area contributed by atoms with Gasteiger partial charge in [0.2, 0.25) is 5.91 Å². The van der Waals surface area contributed by atoms with Crippen LogP contribution in [-0.2, 0) is 18.3 Å². The molecule has 2 aromatic rings.